The van der Waals surface area contributed by atoms with Gasteiger partial charge in [-0.2, -0.15) is 0 Å². The van der Waals surface area contributed by atoms with Crippen LogP contribution in [0.1, 0.15) is 24.0 Å². The second-order valence-corrected chi connectivity index (χ2v) is 5.45. The molecule has 1 aliphatic carbocycles. The van der Waals surface area contributed by atoms with Gasteiger partial charge in [-0.05, 0) is 18.4 Å². The second kappa shape index (κ2) is 4.00. The fraction of sp³-hybridized carbons (Fsp3) is 0.571. The molecule has 2 fully saturated rings. The first-order valence-electron chi connectivity index (χ1n) is 6.35. The average Bonchev–Trinajstić information content (AvgIpc) is 3.13. The first kappa shape index (κ1) is 12.1. The lowest BCUT2D eigenvalue weighted by atomic mass is 9.78. The minimum absolute atomic E-state index is 0.126. The number of alkyl halides is 2. The third kappa shape index (κ3) is 1.75. The molecule has 0 unspecified atom stereocenters. The van der Waals surface area contributed by atoms with Gasteiger partial charge in [0.25, 0.3) is 5.92 Å². The molecule has 3 rings (SSSR count). The number of benzene rings is 1. The van der Waals surface area contributed by atoms with Gasteiger partial charge in [-0.3, -0.25) is 0 Å². The van der Waals surface area contributed by atoms with E-state index in [2.05, 4.69) is 0 Å². The van der Waals surface area contributed by atoms with E-state index in [4.69, 9.17) is 10.5 Å². The molecule has 1 aromatic rings. The highest BCUT2D eigenvalue weighted by Gasteiger charge is 2.48. The summed E-state index contributed by atoms with van der Waals surface area (Å²) in [6, 6.07) is 6.65. The summed E-state index contributed by atoms with van der Waals surface area (Å²) in [7, 11) is 0. The van der Waals surface area contributed by atoms with Crippen LogP contribution in [-0.2, 0) is 16.1 Å². The molecule has 1 aliphatic heterocycles. The number of rotatable bonds is 4. The zero-order chi connectivity index (χ0) is 12.8. The smallest absolute Gasteiger partial charge is 0.276 e. The Labute approximate surface area is 105 Å². The third-order valence-corrected chi connectivity index (χ3v) is 4.12. The van der Waals surface area contributed by atoms with Gasteiger partial charge in [-0.25, -0.2) is 8.78 Å². The van der Waals surface area contributed by atoms with Crippen molar-refractivity contribution in [1.82, 2.24) is 0 Å². The summed E-state index contributed by atoms with van der Waals surface area (Å²) in [6.45, 7) is 1.66. The molecule has 98 valence electrons. The summed E-state index contributed by atoms with van der Waals surface area (Å²) < 4.78 is 33.0. The Morgan fingerprint density at radius 3 is 2.22 bits per heavy atom. The van der Waals surface area contributed by atoms with Gasteiger partial charge in [-0.15, -0.1) is 0 Å². The summed E-state index contributed by atoms with van der Waals surface area (Å²) in [5, 5.41) is 0. The van der Waals surface area contributed by atoms with Crippen LogP contribution in [0.5, 0.6) is 0 Å². The fourth-order valence-corrected chi connectivity index (χ4v) is 2.48. The Morgan fingerprint density at radius 2 is 1.83 bits per heavy atom. The van der Waals surface area contributed by atoms with E-state index in [1.807, 2.05) is 0 Å². The normalized spacial score (nSPS) is 22.6. The van der Waals surface area contributed by atoms with E-state index in [1.54, 1.807) is 24.3 Å². The molecule has 0 spiro atoms. The van der Waals surface area contributed by atoms with Crippen molar-refractivity contribution in [3.63, 3.8) is 0 Å². The maximum absolute atomic E-state index is 13.9. The van der Waals surface area contributed by atoms with Crippen LogP contribution in [0.25, 0.3) is 0 Å². The van der Waals surface area contributed by atoms with Gasteiger partial charge in [0.05, 0.1) is 18.6 Å². The molecule has 18 heavy (non-hydrogen) atoms. The average molecular weight is 253 g/mol. The molecule has 2 N–H and O–H groups in total. The first-order chi connectivity index (χ1) is 8.58. The van der Waals surface area contributed by atoms with Crippen molar-refractivity contribution < 1.29 is 13.5 Å². The first-order valence-corrected chi connectivity index (χ1v) is 6.35. The van der Waals surface area contributed by atoms with Crippen molar-refractivity contribution in [1.29, 1.82) is 0 Å². The molecule has 2 nitrogen and oxygen atoms in total. The summed E-state index contributed by atoms with van der Waals surface area (Å²) >= 11 is 0. The number of nitrogens with two attached hydrogens (primary N) is 1. The quantitative estimate of drug-likeness (QED) is 0.894. The Balaban J connectivity index is 1.85. The van der Waals surface area contributed by atoms with E-state index in [-0.39, 0.29) is 11.0 Å². The summed E-state index contributed by atoms with van der Waals surface area (Å²) in [5.74, 6) is -3.14. The van der Waals surface area contributed by atoms with Gasteiger partial charge >= 0.3 is 0 Å². The lowest BCUT2D eigenvalue weighted by molar-refractivity contribution is -0.0552. The fourth-order valence-electron chi connectivity index (χ4n) is 2.48. The molecule has 0 radical (unpaired) electrons. The molecule has 0 bridgehead atoms. The molecular weight excluding hydrogens is 236 g/mol. The van der Waals surface area contributed by atoms with Crippen LogP contribution in [-0.4, -0.2) is 19.8 Å². The van der Waals surface area contributed by atoms with E-state index in [9.17, 15) is 8.78 Å². The van der Waals surface area contributed by atoms with Crippen molar-refractivity contribution in [2.24, 2.45) is 11.7 Å². The lowest BCUT2D eigenvalue weighted by Gasteiger charge is -2.41. The van der Waals surface area contributed by atoms with Crippen LogP contribution in [0.4, 0.5) is 8.78 Å². The van der Waals surface area contributed by atoms with Crippen LogP contribution < -0.4 is 5.73 Å². The predicted molar refractivity (Wildman–Crippen MR) is 64.6 cm³/mol. The van der Waals surface area contributed by atoms with Gasteiger partial charge in [0, 0.05) is 18.0 Å². The molecule has 1 heterocycles. The number of halogens is 2. The summed E-state index contributed by atoms with van der Waals surface area (Å²) in [6.07, 6.45) is 1.27. The van der Waals surface area contributed by atoms with Crippen LogP contribution in [0.3, 0.4) is 0 Å². The standard InChI is InChI=1S/C14H17F2NO/c15-14(16,12-5-6-12)11-3-1-10(2-4-11)13(7-17)8-18-9-13/h1-4,12H,5-9,17H2. The van der Waals surface area contributed by atoms with Crippen molar-refractivity contribution >= 4 is 0 Å². The van der Waals surface area contributed by atoms with Crippen LogP contribution >= 0.6 is 0 Å². The van der Waals surface area contributed by atoms with Crippen LogP contribution in [0, 0.1) is 5.92 Å². The van der Waals surface area contributed by atoms with Crippen molar-refractivity contribution in [3.05, 3.63) is 35.4 Å². The van der Waals surface area contributed by atoms with Crippen LogP contribution in [0.2, 0.25) is 0 Å². The van der Waals surface area contributed by atoms with Crippen molar-refractivity contribution in [2.45, 2.75) is 24.2 Å². The lowest BCUT2D eigenvalue weighted by Crippen LogP contribution is -2.52. The third-order valence-electron chi connectivity index (χ3n) is 4.12. The Morgan fingerprint density at radius 1 is 1.22 bits per heavy atom. The molecule has 2 aliphatic rings. The zero-order valence-corrected chi connectivity index (χ0v) is 10.2. The number of ether oxygens (including phenoxy) is 1. The minimum Gasteiger partial charge on any atom is -0.379 e. The van der Waals surface area contributed by atoms with Gasteiger partial charge in [0.2, 0.25) is 0 Å². The molecule has 4 heteroatoms. The number of hydrogen-bond donors (Lipinski definition) is 1. The monoisotopic (exact) mass is 253 g/mol. The SMILES string of the molecule is NCC1(c2ccc(C(F)(F)C3CC3)cc2)COC1. The van der Waals surface area contributed by atoms with E-state index in [1.165, 1.54) is 0 Å². The Bertz CT molecular complexity index is 409. The largest absolute Gasteiger partial charge is 0.379 e. The molecule has 0 amide bonds. The summed E-state index contributed by atoms with van der Waals surface area (Å²) in [5.41, 5.74) is 6.73. The van der Waals surface area contributed by atoms with Gasteiger partial charge in [0.1, 0.15) is 0 Å². The summed E-state index contributed by atoms with van der Waals surface area (Å²) in [4.78, 5) is 0. The van der Waals surface area contributed by atoms with E-state index < -0.39 is 11.8 Å². The molecule has 0 aromatic heterocycles. The van der Waals surface area contributed by atoms with E-state index >= 15 is 0 Å². The highest BCUT2D eigenvalue weighted by atomic mass is 19.3. The maximum Gasteiger partial charge on any atom is 0.276 e. The zero-order valence-electron chi connectivity index (χ0n) is 10.2. The Hall–Kier alpha value is -1.00. The maximum atomic E-state index is 13.9. The van der Waals surface area contributed by atoms with Crippen molar-refractivity contribution in [2.75, 3.05) is 19.8 Å². The predicted octanol–water partition coefficient (Wildman–Crippen LogP) is 2.42. The Kier molecular flexibility index (Phi) is 2.68. The molecule has 0 atom stereocenters. The number of hydrogen-bond acceptors (Lipinski definition) is 2. The van der Waals surface area contributed by atoms with Gasteiger partial charge < -0.3 is 10.5 Å². The van der Waals surface area contributed by atoms with Gasteiger partial charge in [0.15, 0.2) is 0 Å². The van der Waals surface area contributed by atoms with E-state index in [0.717, 1.165) is 5.56 Å². The van der Waals surface area contributed by atoms with E-state index in [0.29, 0.717) is 32.6 Å². The molecular formula is C14H17F2NO. The van der Waals surface area contributed by atoms with Crippen LogP contribution in [0.15, 0.2) is 24.3 Å². The molecule has 1 saturated carbocycles. The second-order valence-electron chi connectivity index (χ2n) is 5.45. The molecule has 1 aromatic carbocycles. The minimum atomic E-state index is -2.68. The van der Waals surface area contributed by atoms with Gasteiger partial charge in [-0.1, -0.05) is 24.3 Å². The molecule has 1 saturated heterocycles. The van der Waals surface area contributed by atoms with Crippen molar-refractivity contribution in [3.8, 4) is 0 Å². The highest BCUT2D eigenvalue weighted by Crippen LogP contribution is 2.49. The topological polar surface area (TPSA) is 35.2 Å². The highest BCUT2D eigenvalue weighted by molar-refractivity contribution is 5.34.